The van der Waals surface area contributed by atoms with Crippen molar-refractivity contribution in [1.29, 1.82) is 0 Å². The molecular formula is C17H27NO3. The van der Waals surface area contributed by atoms with E-state index in [-0.39, 0.29) is 24.7 Å². The Morgan fingerprint density at radius 3 is 2.62 bits per heavy atom. The van der Waals surface area contributed by atoms with Crippen LogP contribution in [0.15, 0.2) is 18.2 Å². The first-order valence-electron chi connectivity index (χ1n) is 7.60. The standard InChI is InChI=1S/C17H27NO3/c1-6-9-18-14(5)15-8-7-13(4)10-16(15)20-11-17(19)21-12(2)3/h7-8,10,12,14,18H,6,9,11H2,1-5H3. The van der Waals surface area contributed by atoms with Crippen LogP contribution in [0.4, 0.5) is 0 Å². The quantitative estimate of drug-likeness (QED) is 0.746. The summed E-state index contributed by atoms with van der Waals surface area (Å²) >= 11 is 0. The summed E-state index contributed by atoms with van der Waals surface area (Å²) in [6.07, 6.45) is 0.954. The van der Waals surface area contributed by atoms with Gasteiger partial charge in [-0.2, -0.15) is 0 Å². The number of carbonyl (C=O) groups is 1. The van der Waals surface area contributed by atoms with Gasteiger partial charge in [0.1, 0.15) is 5.75 Å². The molecule has 4 heteroatoms. The normalized spacial score (nSPS) is 12.3. The fourth-order valence-electron chi connectivity index (χ4n) is 2.03. The first-order valence-corrected chi connectivity index (χ1v) is 7.60. The van der Waals surface area contributed by atoms with Crippen LogP contribution in [0.25, 0.3) is 0 Å². The largest absolute Gasteiger partial charge is 0.482 e. The molecule has 0 amide bonds. The highest BCUT2D eigenvalue weighted by atomic mass is 16.6. The third kappa shape index (κ3) is 6.17. The van der Waals surface area contributed by atoms with Crippen LogP contribution in [0.3, 0.4) is 0 Å². The fourth-order valence-corrected chi connectivity index (χ4v) is 2.03. The molecule has 1 rings (SSSR count). The van der Waals surface area contributed by atoms with E-state index >= 15 is 0 Å². The van der Waals surface area contributed by atoms with Gasteiger partial charge in [0.05, 0.1) is 6.10 Å². The van der Waals surface area contributed by atoms with Crippen LogP contribution in [0.2, 0.25) is 0 Å². The van der Waals surface area contributed by atoms with Gasteiger partial charge in [0.15, 0.2) is 6.61 Å². The number of esters is 1. The zero-order valence-electron chi connectivity index (χ0n) is 13.7. The molecule has 0 aromatic heterocycles. The number of nitrogens with one attached hydrogen (secondary N) is 1. The van der Waals surface area contributed by atoms with Gasteiger partial charge < -0.3 is 14.8 Å². The van der Waals surface area contributed by atoms with Gasteiger partial charge in [-0.15, -0.1) is 0 Å². The summed E-state index contributed by atoms with van der Waals surface area (Å²) in [5.41, 5.74) is 2.17. The van der Waals surface area contributed by atoms with Crippen molar-refractivity contribution in [2.45, 2.75) is 53.2 Å². The van der Waals surface area contributed by atoms with Crippen LogP contribution in [0, 0.1) is 6.92 Å². The third-order valence-corrected chi connectivity index (χ3v) is 3.05. The Morgan fingerprint density at radius 1 is 1.29 bits per heavy atom. The maximum absolute atomic E-state index is 11.6. The number of hydrogen-bond donors (Lipinski definition) is 1. The molecule has 1 aromatic carbocycles. The van der Waals surface area contributed by atoms with E-state index in [9.17, 15) is 4.79 Å². The van der Waals surface area contributed by atoms with Crippen molar-refractivity contribution in [2.24, 2.45) is 0 Å². The van der Waals surface area contributed by atoms with Crippen LogP contribution in [0.5, 0.6) is 5.75 Å². The maximum Gasteiger partial charge on any atom is 0.344 e. The summed E-state index contributed by atoms with van der Waals surface area (Å²) in [6, 6.07) is 6.24. The topological polar surface area (TPSA) is 47.6 Å². The smallest absolute Gasteiger partial charge is 0.344 e. The van der Waals surface area contributed by atoms with Crippen LogP contribution >= 0.6 is 0 Å². The van der Waals surface area contributed by atoms with Crippen molar-refractivity contribution in [2.75, 3.05) is 13.2 Å². The monoisotopic (exact) mass is 293 g/mol. The number of aryl methyl sites for hydroxylation is 1. The zero-order chi connectivity index (χ0) is 15.8. The molecule has 118 valence electrons. The summed E-state index contributed by atoms with van der Waals surface area (Å²) in [6.45, 7) is 10.8. The van der Waals surface area contributed by atoms with Gasteiger partial charge in [-0.3, -0.25) is 0 Å². The van der Waals surface area contributed by atoms with Crippen LogP contribution in [-0.2, 0) is 9.53 Å². The summed E-state index contributed by atoms with van der Waals surface area (Å²) in [7, 11) is 0. The summed E-state index contributed by atoms with van der Waals surface area (Å²) in [5.74, 6) is 0.401. The Morgan fingerprint density at radius 2 is 2.00 bits per heavy atom. The van der Waals surface area contributed by atoms with Crippen molar-refractivity contribution < 1.29 is 14.3 Å². The SMILES string of the molecule is CCCNC(C)c1ccc(C)cc1OCC(=O)OC(C)C. The molecule has 0 aliphatic heterocycles. The van der Waals surface area contributed by atoms with E-state index in [2.05, 4.69) is 25.2 Å². The molecule has 0 aliphatic carbocycles. The van der Waals surface area contributed by atoms with Crippen molar-refractivity contribution in [1.82, 2.24) is 5.32 Å². The van der Waals surface area contributed by atoms with E-state index in [1.165, 1.54) is 0 Å². The van der Waals surface area contributed by atoms with Gasteiger partial charge in [0, 0.05) is 11.6 Å². The first-order chi connectivity index (χ1) is 9.93. The van der Waals surface area contributed by atoms with Gasteiger partial charge in [-0.1, -0.05) is 19.1 Å². The summed E-state index contributed by atoms with van der Waals surface area (Å²) in [4.78, 5) is 11.6. The Labute approximate surface area is 127 Å². The molecule has 0 aliphatic rings. The fraction of sp³-hybridized carbons (Fsp3) is 0.588. The van der Waals surface area contributed by atoms with Crippen molar-refractivity contribution in [3.05, 3.63) is 29.3 Å². The highest BCUT2D eigenvalue weighted by molar-refractivity contribution is 5.71. The van der Waals surface area contributed by atoms with E-state index in [1.807, 2.05) is 32.9 Å². The van der Waals surface area contributed by atoms with Crippen molar-refractivity contribution >= 4 is 5.97 Å². The lowest BCUT2D eigenvalue weighted by molar-refractivity contribution is -0.149. The Bertz CT molecular complexity index is 457. The molecule has 1 aromatic rings. The second-order valence-corrected chi connectivity index (χ2v) is 5.54. The van der Waals surface area contributed by atoms with Crippen molar-refractivity contribution in [3.63, 3.8) is 0 Å². The van der Waals surface area contributed by atoms with Crippen LogP contribution in [0.1, 0.15) is 51.3 Å². The minimum Gasteiger partial charge on any atom is -0.482 e. The number of benzene rings is 1. The molecule has 1 unspecified atom stereocenters. The predicted octanol–water partition coefficient (Wildman–Crippen LogP) is 3.39. The Hall–Kier alpha value is -1.55. The van der Waals surface area contributed by atoms with E-state index in [4.69, 9.17) is 9.47 Å². The minimum absolute atomic E-state index is 0.0604. The van der Waals surface area contributed by atoms with Crippen molar-refractivity contribution in [3.8, 4) is 5.75 Å². The lowest BCUT2D eigenvalue weighted by Gasteiger charge is -2.19. The Balaban J connectivity index is 2.75. The molecule has 0 bridgehead atoms. The maximum atomic E-state index is 11.6. The second kappa shape index (κ2) is 8.67. The minimum atomic E-state index is -0.341. The summed E-state index contributed by atoms with van der Waals surface area (Å²) in [5, 5.41) is 3.43. The first kappa shape index (κ1) is 17.5. The molecule has 21 heavy (non-hydrogen) atoms. The number of rotatable bonds is 8. The molecule has 4 nitrogen and oxygen atoms in total. The van der Waals surface area contributed by atoms with Gasteiger partial charge in [0.25, 0.3) is 0 Å². The van der Waals surface area contributed by atoms with Crippen LogP contribution in [-0.4, -0.2) is 25.2 Å². The highest BCUT2D eigenvalue weighted by Gasteiger charge is 2.13. The number of ether oxygens (including phenoxy) is 2. The molecule has 1 N–H and O–H groups in total. The molecular weight excluding hydrogens is 266 g/mol. The van der Waals surface area contributed by atoms with Gasteiger partial charge in [0.2, 0.25) is 0 Å². The lowest BCUT2D eigenvalue weighted by atomic mass is 10.0. The molecule has 0 fully saturated rings. The highest BCUT2D eigenvalue weighted by Crippen LogP contribution is 2.26. The van der Waals surface area contributed by atoms with Gasteiger partial charge in [-0.25, -0.2) is 4.79 Å². The Kier molecular flexibility index (Phi) is 7.23. The van der Waals surface area contributed by atoms with E-state index in [1.54, 1.807) is 0 Å². The van der Waals surface area contributed by atoms with Gasteiger partial charge in [-0.05, 0) is 52.3 Å². The second-order valence-electron chi connectivity index (χ2n) is 5.54. The lowest BCUT2D eigenvalue weighted by Crippen LogP contribution is -2.22. The number of hydrogen-bond acceptors (Lipinski definition) is 4. The molecule has 1 atom stereocenters. The van der Waals surface area contributed by atoms with Gasteiger partial charge >= 0.3 is 5.97 Å². The summed E-state index contributed by atoms with van der Waals surface area (Å²) < 4.78 is 10.8. The zero-order valence-corrected chi connectivity index (χ0v) is 13.7. The predicted molar refractivity (Wildman–Crippen MR) is 84.6 cm³/mol. The van der Waals surface area contributed by atoms with Crippen LogP contribution < -0.4 is 10.1 Å². The van der Waals surface area contributed by atoms with E-state index < -0.39 is 0 Å². The molecule has 0 radical (unpaired) electrons. The van der Waals surface area contributed by atoms with E-state index in [0.29, 0.717) is 0 Å². The molecule has 0 spiro atoms. The molecule has 0 heterocycles. The third-order valence-electron chi connectivity index (χ3n) is 3.05. The van der Waals surface area contributed by atoms with E-state index in [0.717, 1.165) is 29.8 Å². The average molecular weight is 293 g/mol. The molecule has 0 saturated carbocycles. The molecule has 0 saturated heterocycles. The average Bonchev–Trinajstić information content (AvgIpc) is 2.42. The number of carbonyl (C=O) groups excluding carboxylic acids is 1.